The average Bonchev–Trinajstić information content (AvgIpc) is 3.12. The number of hydrogen-bond acceptors (Lipinski definition) is 3. The van der Waals surface area contributed by atoms with Crippen LogP contribution in [0.5, 0.6) is 0 Å². The number of nitriles is 1. The third-order valence-electron chi connectivity index (χ3n) is 3.10. The van der Waals surface area contributed by atoms with E-state index in [0.29, 0.717) is 18.0 Å². The molecular weight excluding hydrogens is 228 g/mol. The zero-order valence-electron chi connectivity index (χ0n) is 10.2. The lowest BCUT2D eigenvalue weighted by Crippen LogP contribution is -2.31. The van der Waals surface area contributed by atoms with E-state index in [1.165, 1.54) is 12.8 Å². The minimum Gasteiger partial charge on any atom is -0.480 e. The van der Waals surface area contributed by atoms with Gasteiger partial charge in [0.2, 0.25) is 0 Å². The quantitative estimate of drug-likeness (QED) is 0.829. The Hall–Kier alpha value is -1.86. The smallest absolute Gasteiger partial charge is 0.317 e. The highest BCUT2D eigenvalue weighted by Gasteiger charge is 2.25. The van der Waals surface area contributed by atoms with E-state index in [-0.39, 0.29) is 6.54 Å². The predicted octanol–water partition coefficient (Wildman–Crippen LogP) is 1.85. The number of rotatable bonds is 6. The van der Waals surface area contributed by atoms with E-state index in [1.807, 2.05) is 23.1 Å². The Labute approximate surface area is 106 Å². The van der Waals surface area contributed by atoms with Gasteiger partial charge in [-0.25, -0.2) is 0 Å². The highest BCUT2D eigenvalue weighted by molar-refractivity contribution is 5.69. The molecule has 0 bridgehead atoms. The van der Waals surface area contributed by atoms with Gasteiger partial charge in [-0.05, 0) is 30.4 Å². The standard InChI is InChI=1S/C14H16N2O2/c15-7-12-3-1-2-4-13(12)9-16(10-14(17)18)8-11-5-6-11/h1-4,11H,5-6,8-10H2,(H,17,18). The Morgan fingerprint density at radius 1 is 1.44 bits per heavy atom. The van der Waals surface area contributed by atoms with Crippen molar-refractivity contribution in [2.45, 2.75) is 19.4 Å². The van der Waals surface area contributed by atoms with Gasteiger partial charge in [0.05, 0.1) is 18.2 Å². The number of carboxylic acid groups (broad SMARTS) is 1. The molecule has 94 valence electrons. The molecule has 0 heterocycles. The molecule has 1 fully saturated rings. The van der Waals surface area contributed by atoms with Gasteiger partial charge in [0.25, 0.3) is 0 Å². The summed E-state index contributed by atoms with van der Waals surface area (Å²) in [5.74, 6) is -0.177. The average molecular weight is 244 g/mol. The Morgan fingerprint density at radius 3 is 2.78 bits per heavy atom. The maximum atomic E-state index is 10.8. The van der Waals surface area contributed by atoms with Crippen molar-refractivity contribution in [3.63, 3.8) is 0 Å². The maximum absolute atomic E-state index is 10.8. The number of hydrogen-bond donors (Lipinski definition) is 1. The molecule has 1 N–H and O–H groups in total. The van der Waals surface area contributed by atoms with Crippen LogP contribution in [0.2, 0.25) is 0 Å². The topological polar surface area (TPSA) is 64.3 Å². The van der Waals surface area contributed by atoms with E-state index in [0.717, 1.165) is 12.1 Å². The highest BCUT2D eigenvalue weighted by Crippen LogP contribution is 2.30. The normalized spacial score (nSPS) is 14.4. The summed E-state index contributed by atoms with van der Waals surface area (Å²) in [6, 6.07) is 9.51. The van der Waals surface area contributed by atoms with Crippen molar-refractivity contribution in [1.82, 2.24) is 4.90 Å². The third kappa shape index (κ3) is 3.57. The van der Waals surface area contributed by atoms with Crippen molar-refractivity contribution in [2.75, 3.05) is 13.1 Å². The summed E-state index contributed by atoms with van der Waals surface area (Å²) in [5, 5.41) is 17.9. The Balaban J connectivity index is 2.06. The van der Waals surface area contributed by atoms with Crippen LogP contribution in [0.15, 0.2) is 24.3 Å². The van der Waals surface area contributed by atoms with E-state index in [4.69, 9.17) is 10.4 Å². The highest BCUT2D eigenvalue weighted by atomic mass is 16.4. The van der Waals surface area contributed by atoms with E-state index in [9.17, 15) is 4.79 Å². The fourth-order valence-electron chi connectivity index (χ4n) is 2.05. The molecule has 0 spiro atoms. The molecule has 0 atom stereocenters. The first-order valence-electron chi connectivity index (χ1n) is 6.11. The van der Waals surface area contributed by atoms with Crippen LogP contribution in [0.25, 0.3) is 0 Å². The van der Waals surface area contributed by atoms with Crippen molar-refractivity contribution < 1.29 is 9.90 Å². The van der Waals surface area contributed by atoms with Crippen molar-refractivity contribution in [3.05, 3.63) is 35.4 Å². The fourth-order valence-corrected chi connectivity index (χ4v) is 2.05. The Morgan fingerprint density at radius 2 is 2.17 bits per heavy atom. The molecule has 0 unspecified atom stereocenters. The van der Waals surface area contributed by atoms with Crippen LogP contribution in [-0.2, 0) is 11.3 Å². The minimum atomic E-state index is -0.815. The summed E-state index contributed by atoms with van der Waals surface area (Å²) in [4.78, 5) is 12.8. The summed E-state index contributed by atoms with van der Waals surface area (Å²) in [6.45, 7) is 1.38. The number of carbonyl (C=O) groups is 1. The molecule has 4 nitrogen and oxygen atoms in total. The zero-order chi connectivity index (χ0) is 13.0. The van der Waals surface area contributed by atoms with Gasteiger partial charge in [-0.1, -0.05) is 18.2 Å². The molecular formula is C14H16N2O2. The lowest BCUT2D eigenvalue weighted by atomic mass is 10.1. The van der Waals surface area contributed by atoms with Crippen molar-refractivity contribution >= 4 is 5.97 Å². The predicted molar refractivity (Wildman–Crippen MR) is 66.8 cm³/mol. The van der Waals surface area contributed by atoms with Gasteiger partial charge < -0.3 is 5.11 Å². The first-order chi connectivity index (χ1) is 8.69. The first kappa shape index (κ1) is 12.6. The van der Waals surface area contributed by atoms with Crippen LogP contribution in [0, 0.1) is 17.2 Å². The van der Waals surface area contributed by atoms with Crippen LogP contribution in [-0.4, -0.2) is 29.1 Å². The third-order valence-corrected chi connectivity index (χ3v) is 3.10. The number of carboxylic acids is 1. The SMILES string of the molecule is N#Cc1ccccc1CN(CC(=O)O)CC1CC1. The van der Waals surface area contributed by atoms with Crippen LogP contribution in [0.4, 0.5) is 0 Å². The molecule has 0 saturated heterocycles. The van der Waals surface area contributed by atoms with E-state index in [2.05, 4.69) is 6.07 Å². The molecule has 1 aromatic rings. The second kappa shape index (κ2) is 5.65. The summed E-state index contributed by atoms with van der Waals surface area (Å²) < 4.78 is 0. The summed E-state index contributed by atoms with van der Waals surface area (Å²) in [5.41, 5.74) is 1.53. The van der Waals surface area contributed by atoms with Crippen LogP contribution < -0.4 is 0 Å². The Bertz CT molecular complexity index is 475. The number of nitrogens with zero attached hydrogens (tertiary/aromatic N) is 2. The van der Waals surface area contributed by atoms with Gasteiger partial charge in [-0.15, -0.1) is 0 Å². The lowest BCUT2D eigenvalue weighted by molar-refractivity contribution is -0.138. The van der Waals surface area contributed by atoms with E-state index >= 15 is 0 Å². The monoisotopic (exact) mass is 244 g/mol. The van der Waals surface area contributed by atoms with Crippen molar-refractivity contribution in [2.24, 2.45) is 5.92 Å². The van der Waals surface area contributed by atoms with Crippen molar-refractivity contribution in [3.8, 4) is 6.07 Å². The summed E-state index contributed by atoms with van der Waals surface area (Å²) in [6.07, 6.45) is 2.38. The minimum absolute atomic E-state index is 0.0380. The van der Waals surface area contributed by atoms with Gasteiger partial charge in [0.15, 0.2) is 0 Å². The first-order valence-corrected chi connectivity index (χ1v) is 6.11. The van der Waals surface area contributed by atoms with Gasteiger partial charge in [0, 0.05) is 13.1 Å². The summed E-state index contributed by atoms with van der Waals surface area (Å²) in [7, 11) is 0. The molecule has 1 aromatic carbocycles. The molecule has 0 radical (unpaired) electrons. The van der Waals surface area contributed by atoms with Crippen LogP contribution in [0.3, 0.4) is 0 Å². The fraction of sp³-hybridized carbons (Fsp3) is 0.429. The van der Waals surface area contributed by atoms with Gasteiger partial charge >= 0.3 is 5.97 Å². The molecule has 2 rings (SSSR count). The Kier molecular flexibility index (Phi) is 3.96. The molecule has 1 aliphatic rings. The molecule has 0 aromatic heterocycles. The molecule has 4 heteroatoms. The van der Waals surface area contributed by atoms with Gasteiger partial charge in [-0.2, -0.15) is 5.26 Å². The van der Waals surface area contributed by atoms with Crippen LogP contribution >= 0.6 is 0 Å². The molecule has 1 saturated carbocycles. The zero-order valence-corrected chi connectivity index (χ0v) is 10.2. The van der Waals surface area contributed by atoms with Crippen molar-refractivity contribution in [1.29, 1.82) is 5.26 Å². The molecule has 0 amide bonds. The van der Waals surface area contributed by atoms with E-state index in [1.54, 1.807) is 6.07 Å². The van der Waals surface area contributed by atoms with Crippen LogP contribution in [0.1, 0.15) is 24.0 Å². The molecule has 18 heavy (non-hydrogen) atoms. The summed E-state index contributed by atoms with van der Waals surface area (Å²) >= 11 is 0. The van der Waals surface area contributed by atoms with Gasteiger partial charge in [-0.3, -0.25) is 9.69 Å². The number of benzene rings is 1. The maximum Gasteiger partial charge on any atom is 0.317 e. The molecule has 1 aliphatic carbocycles. The molecule has 0 aliphatic heterocycles. The lowest BCUT2D eigenvalue weighted by Gasteiger charge is -2.20. The largest absolute Gasteiger partial charge is 0.480 e. The second-order valence-electron chi connectivity index (χ2n) is 4.78. The van der Waals surface area contributed by atoms with E-state index < -0.39 is 5.97 Å². The number of aliphatic carboxylic acids is 1. The van der Waals surface area contributed by atoms with Gasteiger partial charge in [0.1, 0.15) is 0 Å². The second-order valence-corrected chi connectivity index (χ2v) is 4.78.